The average molecular weight is 157 g/mol. The fraction of sp³-hybridized carbons (Fsp3) is 1.00. The minimum absolute atomic E-state index is 0.105. The summed E-state index contributed by atoms with van der Waals surface area (Å²) in [5, 5.41) is 9.56. The summed E-state index contributed by atoms with van der Waals surface area (Å²) >= 11 is 0. The maximum atomic E-state index is 9.56. The Labute approximate surface area is 69.2 Å². The van der Waals surface area contributed by atoms with Crippen LogP contribution < -0.4 is 0 Å². The lowest BCUT2D eigenvalue weighted by Gasteiger charge is -2.39. The molecule has 1 fully saturated rings. The molecule has 11 heavy (non-hydrogen) atoms. The molecule has 1 saturated heterocycles. The van der Waals surface area contributed by atoms with Crippen molar-refractivity contribution in [1.29, 1.82) is 0 Å². The Kier molecular flexibility index (Phi) is 2.90. The SMILES string of the molecule is CC(C)N1CCC[C@H](O)[C@@H]1C. The van der Waals surface area contributed by atoms with Gasteiger partial charge in [0.25, 0.3) is 0 Å². The van der Waals surface area contributed by atoms with E-state index < -0.39 is 0 Å². The zero-order chi connectivity index (χ0) is 8.43. The van der Waals surface area contributed by atoms with E-state index >= 15 is 0 Å². The van der Waals surface area contributed by atoms with Crippen molar-refractivity contribution in [1.82, 2.24) is 4.90 Å². The minimum Gasteiger partial charge on any atom is -0.392 e. The molecule has 2 nitrogen and oxygen atoms in total. The Morgan fingerprint density at radius 1 is 1.45 bits per heavy atom. The molecule has 1 N–H and O–H groups in total. The van der Waals surface area contributed by atoms with E-state index in [-0.39, 0.29) is 6.10 Å². The minimum atomic E-state index is -0.105. The monoisotopic (exact) mass is 157 g/mol. The lowest BCUT2D eigenvalue weighted by molar-refractivity contribution is 0.00405. The number of likely N-dealkylation sites (tertiary alicyclic amines) is 1. The summed E-state index contributed by atoms with van der Waals surface area (Å²) in [6.45, 7) is 7.64. The quantitative estimate of drug-likeness (QED) is 0.619. The summed E-state index contributed by atoms with van der Waals surface area (Å²) in [7, 11) is 0. The number of piperidine rings is 1. The van der Waals surface area contributed by atoms with Crippen LogP contribution in [0, 0.1) is 0 Å². The highest BCUT2D eigenvalue weighted by Crippen LogP contribution is 2.19. The molecule has 0 amide bonds. The van der Waals surface area contributed by atoms with E-state index in [9.17, 15) is 5.11 Å². The molecule has 0 aliphatic carbocycles. The van der Waals surface area contributed by atoms with E-state index in [2.05, 4.69) is 25.7 Å². The van der Waals surface area contributed by atoms with E-state index in [0.717, 1.165) is 19.4 Å². The number of hydrogen-bond acceptors (Lipinski definition) is 2. The van der Waals surface area contributed by atoms with Crippen LogP contribution in [0.4, 0.5) is 0 Å². The Bertz CT molecular complexity index is 125. The summed E-state index contributed by atoms with van der Waals surface area (Å²) in [5.74, 6) is 0. The molecule has 1 aliphatic rings. The number of rotatable bonds is 1. The number of hydrogen-bond donors (Lipinski definition) is 1. The van der Waals surface area contributed by atoms with Crippen LogP contribution in [0.2, 0.25) is 0 Å². The Morgan fingerprint density at radius 3 is 2.55 bits per heavy atom. The van der Waals surface area contributed by atoms with Gasteiger partial charge in [-0.25, -0.2) is 0 Å². The molecule has 1 rings (SSSR count). The summed E-state index contributed by atoms with van der Waals surface area (Å²) in [6, 6.07) is 0.920. The molecule has 66 valence electrons. The van der Waals surface area contributed by atoms with Crippen LogP contribution in [0.1, 0.15) is 33.6 Å². The molecule has 0 bridgehead atoms. The normalized spacial score (nSPS) is 34.6. The molecule has 0 aromatic carbocycles. The fourth-order valence-electron chi connectivity index (χ4n) is 1.88. The lowest BCUT2D eigenvalue weighted by Crippen LogP contribution is -2.49. The average Bonchev–Trinajstić information content (AvgIpc) is 1.94. The zero-order valence-electron chi connectivity index (χ0n) is 7.75. The van der Waals surface area contributed by atoms with Crippen LogP contribution in [0.3, 0.4) is 0 Å². The molecule has 0 saturated carbocycles. The Hall–Kier alpha value is -0.0800. The van der Waals surface area contributed by atoms with Crippen molar-refractivity contribution in [3.05, 3.63) is 0 Å². The van der Waals surface area contributed by atoms with Gasteiger partial charge in [-0.3, -0.25) is 4.90 Å². The first-order valence-corrected chi connectivity index (χ1v) is 4.56. The first kappa shape index (κ1) is 9.01. The summed E-state index contributed by atoms with van der Waals surface area (Å²) in [6.07, 6.45) is 2.01. The van der Waals surface area contributed by atoms with Crippen LogP contribution in [0.5, 0.6) is 0 Å². The Balaban J connectivity index is 2.51. The second kappa shape index (κ2) is 3.55. The first-order valence-electron chi connectivity index (χ1n) is 4.56. The number of nitrogens with zero attached hydrogens (tertiary/aromatic N) is 1. The van der Waals surface area contributed by atoms with Gasteiger partial charge in [0.1, 0.15) is 0 Å². The molecule has 1 heterocycles. The molecule has 2 heteroatoms. The highest BCUT2D eigenvalue weighted by molar-refractivity contribution is 4.82. The van der Waals surface area contributed by atoms with Gasteiger partial charge < -0.3 is 5.11 Å². The predicted molar refractivity (Wildman–Crippen MR) is 46.5 cm³/mol. The van der Waals surface area contributed by atoms with Gasteiger partial charge in [-0.05, 0) is 40.2 Å². The fourth-order valence-corrected chi connectivity index (χ4v) is 1.88. The summed E-state index contributed by atoms with van der Waals surface area (Å²) < 4.78 is 0. The van der Waals surface area contributed by atoms with E-state index in [1.54, 1.807) is 0 Å². The van der Waals surface area contributed by atoms with Gasteiger partial charge in [0.2, 0.25) is 0 Å². The molecular formula is C9H19NO. The van der Waals surface area contributed by atoms with Crippen LogP contribution in [0.15, 0.2) is 0 Å². The van der Waals surface area contributed by atoms with Gasteiger partial charge in [-0.15, -0.1) is 0 Å². The number of aliphatic hydroxyl groups is 1. The first-order chi connectivity index (χ1) is 5.13. The number of aliphatic hydroxyl groups excluding tert-OH is 1. The van der Waals surface area contributed by atoms with Gasteiger partial charge >= 0.3 is 0 Å². The lowest BCUT2D eigenvalue weighted by atomic mass is 9.99. The topological polar surface area (TPSA) is 23.5 Å². The van der Waals surface area contributed by atoms with Gasteiger partial charge in [0, 0.05) is 12.1 Å². The molecular weight excluding hydrogens is 138 g/mol. The van der Waals surface area contributed by atoms with Gasteiger partial charge in [-0.2, -0.15) is 0 Å². The third-order valence-electron chi connectivity index (χ3n) is 2.66. The van der Waals surface area contributed by atoms with Gasteiger partial charge in [0.15, 0.2) is 0 Å². The molecule has 0 radical (unpaired) electrons. The summed E-state index contributed by atoms with van der Waals surface area (Å²) in [5.41, 5.74) is 0. The van der Waals surface area contributed by atoms with Crippen molar-refractivity contribution in [3.63, 3.8) is 0 Å². The largest absolute Gasteiger partial charge is 0.392 e. The molecule has 0 aromatic heterocycles. The zero-order valence-corrected chi connectivity index (χ0v) is 7.75. The molecule has 1 aliphatic heterocycles. The highest BCUT2D eigenvalue weighted by Gasteiger charge is 2.27. The van der Waals surface area contributed by atoms with E-state index in [1.807, 2.05) is 0 Å². The summed E-state index contributed by atoms with van der Waals surface area (Å²) in [4.78, 5) is 2.37. The third kappa shape index (κ3) is 1.94. The van der Waals surface area contributed by atoms with E-state index in [1.165, 1.54) is 0 Å². The van der Waals surface area contributed by atoms with Crippen molar-refractivity contribution in [2.75, 3.05) is 6.54 Å². The van der Waals surface area contributed by atoms with Crippen molar-refractivity contribution in [2.24, 2.45) is 0 Å². The van der Waals surface area contributed by atoms with Crippen molar-refractivity contribution in [3.8, 4) is 0 Å². The van der Waals surface area contributed by atoms with Crippen LogP contribution in [0.25, 0.3) is 0 Å². The standard InChI is InChI=1S/C9H19NO/c1-7(2)10-6-4-5-9(11)8(10)3/h7-9,11H,4-6H2,1-3H3/t8-,9-/m0/s1. The van der Waals surface area contributed by atoms with E-state index in [4.69, 9.17) is 0 Å². The molecule has 0 spiro atoms. The van der Waals surface area contributed by atoms with Crippen LogP contribution in [-0.2, 0) is 0 Å². The molecule has 0 unspecified atom stereocenters. The van der Waals surface area contributed by atoms with Crippen molar-refractivity contribution in [2.45, 2.75) is 51.8 Å². The van der Waals surface area contributed by atoms with Crippen LogP contribution >= 0.6 is 0 Å². The maximum absolute atomic E-state index is 9.56. The van der Waals surface area contributed by atoms with Gasteiger partial charge in [0.05, 0.1) is 6.10 Å². The van der Waals surface area contributed by atoms with Crippen LogP contribution in [-0.4, -0.2) is 34.7 Å². The second-order valence-electron chi connectivity index (χ2n) is 3.78. The van der Waals surface area contributed by atoms with Crippen molar-refractivity contribution >= 4 is 0 Å². The van der Waals surface area contributed by atoms with Gasteiger partial charge in [-0.1, -0.05) is 0 Å². The maximum Gasteiger partial charge on any atom is 0.0693 e. The smallest absolute Gasteiger partial charge is 0.0693 e. The van der Waals surface area contributed by atoms with E-state index in [0.29, 0.717) is 12.1 Å². The Morgan fingerprint density at radius 2 is 2.09 bits per heavy atom. The second-order valence-corrected chi connectivity index (χ2v) is 3.78. The highest BCUT2D eigenvalue weighted by atomic mass is 16.3. The molecule has 2 atom stereocenters. The van der Waals surface area contributed by atoms with Crippen molar-refractivity contribution < 1.29 is 5.11 Å². The third-order valence-corrected chi connectivity index (χ3v) is 2.66. The molecule has 0 aromatic rings. The predicted octanol–water partition coefficient (Wildman–Crippen LogP) is 1.24.